The van der Waals surface area contributed by atoms with Gasteiger partial charge < -0.3 is 24.8 Å². The number of nitrogens with zero attached hydrogens (tertiary/aromatic N) is 2. The molecule has 1 aliphatic rings. The minimum atomic E-state index is 0. The molecule has 0 amide bonds. The number of benzene rings is 1. The Balaban J connectivity index is 0.00000392. The van der Waals surface area contributed by atoms with Crippen molar-refractivity contribution in [2.24, 2.45) is 4.99 Å². The fourth-order valence-corrected chi connectivity index (χ4v) is 2.78. The van der Waals surface area contributed by atoms with Gasteiger partial charge in [0.15, 0.2) is 5.96 Å². The Morgan fingerprint density at radius 1 is 1.14 bits per heavy atom. The average Bonchev–Trinajstić information content (AvgIpc) is 2.71. The van der Waals surface area contributed by atoms with Crippen LogP contribution in [0.4, 0.5) is 0 Å². The fraction of sp³-hybridized carbons (Fsp3) is 0.650. The van der Waals surface area contributed by atoms with Gasteiger partial charge in [-0.15, -0.1) is 24.0 Å². The third kappa shape index (κ3) is 10.4. The van der Waals surface area contributed by atoms with E-state index in [4.69, 9.17) is 14.2 Å². The van der Waals surface area contributed by atoms with Crippen molar-refractivity contribution in [1.29, 1.82) is 0 Å². The van der Waals surface area contributed by atoms with Gasteiger partial charge in [-0.1, -0.05) is 12.1 Å². The van der Waals surface area contributed by atoms with Crippen LogP contribution in [0, 0.1) is 0 Å². The molecule has 1 fully saturated rings. The quantitative estimate of drug-likeness (QED) is 0.208. The van der Waals surface area contributed by atoms with Gasteiger partial charge >= 0.3 is 0 Å². The van der Waals surface area contributed by atoms with Crippen molar-refractivity contribution in [2.75, 3.05) is 66.3 Å². The van der Waals surface area contributed by atoms with E-state index < -0.39 is 0 Å². The summed E-state index contributed by atoms with van der Waals surface area (Å²) in [6.45, 7) is 10.5. The number of rotatable bonds is 11. The van der Waals surface area contributed by atoms with E-state index in [0.717, 1.165) is 69.6 Å². The molecule has 28 heavy (non-hydrogen) atoms. The van der Waals surface area contributed by atoms with Gasteiger partial charge in [-0.2, -0.15) is 0 Å². The average molecular weight is 506 g/mol. The van der Waals surface area contributed by atoms with Crippen LogP contribution in [0.5, 0.6) is 5.75 Å². The standard InChI is InChI=1S/C20H34N4O3.HI/c1-3-21-20(22-9-4-10-24-11-13-26-14-12-24)23-17-18-5-7-19(8-6-18)27-16-15-25-2;/h5-8H,3-4,9-17H2,1-2H3,(H2,21,22,23);1H. The van der Waals surface area contributed by atoms with Crippen LogP contribution in [0.1, 0.15) is 18.9 Å². The first-order valence-corrected chi connectivity index (χ1v) is 9.84. The zero-order valence-electron chi connectivity index (χ0n) is 17.1. The van der Waals surface area contributed by atoms with Gasteiger partial charge in [0, 0.05) is 33.3 Å². The van der Waals surface area contributed by atoms with E-state index in [2.05, 4.69) is 27.4 Å². The number of nitrogens with one attached hydrogen (secondary N) is 2. The molecular weight excluding hydrogens is 471 g/mol. The van der Waals surface area contributed by atoms with E-state index in [-0.39, 0.29) is 24.0 Å². The SMILES string of the molecule is CCNC(=NCc1ccc(OCCOC)cc1)NCCCN1CCOCC1.I. The van der Waals surface area contributed by atoms with E-state index in [9.17, 15) is 0 Å². The Bertz CT molecular complexity index is 537. The van der Waals surface area contributed by atoms with Gasteiger partial charge in [-0.25, -0.2) is 4.99 Å². The lowest BCUT2D eigenvalue weighted by atomic mass is 10.2. The first-order chi connectivity index (χ1) is 13.3. The second-order valence-electron chi connectivity index (χ2n) is 6.41. The maximum Gasteiger partial charge on any atom is 0.191 e. The number of halogens is 1. The molecule has 8 heteroatoms. The first kappa shape index (κ1) is 24.9. The van der Waals surface area contributed by atoms with Crippen molar-refractivity contribution in [3.8, 4) is 5.75 Å². The van der Waals surface area contributed by atoms with E-state index >= 15 is 0 Å². The molecule has 0 aromatic heterocycles. The van der Waals surface area contributed by atoms with Crippen molar-refractivity contribution >= 4 is 29.9 Å². The zero-order valence-corrected chi connectivity index (χ0v) is 19.4. The number of hydrogen-bond donors (Lipinski definition) is 2. The Morgan fingerprint density at radius 2 is 1.89 bits per heavy atom. The van der Waals surface area contributed by atoms with Crippen LogP contribution >= 0.6 is 24.0 Å². The monoisotopic (exact) mass is 506 g/mol. The van der Waals surface area contributed by atoms with Crippen molar-refractivity contribution < 1.29 is 14.2 Å². The van der Waals surface area contributed by atoms with Crippen LogP contribution in [-0.2, 0) is 16.0 Å². The summed E-state index contributed by atoms with van der Waals surface area (Å²) in [6, 6.07) is 8.05. The second-order valence-corrected chi connectivity index (χ2v) is 6.41. The molecule has 0 atom stereocenters. The number of morpholine rings is 1. The van der Waals surface area contributed by atoms with E-state index in [1.54, 1.807) is 7.11 Å². The van der Waals surface area contributed by atoms with Gasteiger partial charge in [0.25, 0.3) is 0 Å². The molecule has 7 nitrogen and oxygen atoms in total. The second kappa shape index (κ2) is 15.8. The van der Waals surface area contributed by atoms with Crippen LogP contribution in [0.2, 0.25) is 0 Å². The van der Waals surface area contributed by atoms with Crippen LogP contribution in [0.15, 0.2) is 29.3 Å². The highest BCUT2D eigenvalue weighted by Crippen LogP contribution is 2.12. The Morgan fingerprint density at radius 3 is 2.57 bits per heavy atom. The van der Waals surface area contributed by atoms with Crippen molar-refractivity contribution in [3.05, 3.63) is 29.8 Å². The van der Waals surface area contributed by atoms with E-state index in [1.807, 2.05) is 24.3 Å². The molecule has 1 aromatic carbocycles. The maximum atomic E-state index is 5.58. The smallest absolute Gasteiger partial charge is 0.191 e. The minimum Gasteiger partial charge on any atom is -0.491 e. The number of guanidine groups is 1. The highest BCUT2D eigenvalue weighted by atomic mass is 127. The summed E-state index contributed by atoms with van der Waals surface area (Å²) in [6.07, 6.45) is 1.10. The lowest BCUT2D eigenvalue weighted by Crippen LogP contribution is -2.40. The van der Waals surface area contributed by atoms with Crippen molar-refractivity contribution in [1.82, 2.24) is 15.5 Å². The minimum absolute atomic E-state index is 0. The molecule has 2 N–H and O–H groups in total. The number of ether oxygens (including phenoxy) is 3. The normalized spacial score (nSPS) is 15.0. The summed E-state index contributed by atoms with van der Waals surface area (Å²) in [5.41, 5.74) is 1.15. The summed E-state index contributed by atoms with van der Waals surface area (Å²) >= 11 is 0. The molecule has 0 bridgehead atoms. The Kier molecular flexibility index (Phi) is 14.1. The molecule has 160 valence electrons. The van der Waals surface area contributed by atoms with E-state index in [1.165, 1.54) is 0 Å². The topological polar surface area (TPSA) is 67.4 Å². The first-order valence-electron chi connectivity index (χ1n) is 9.84. The fourth-order valence-electron chi connectivity index (χ4n) is 2.78. The molecule has 0 aliphatic carbocycles. The third-order valence-electron chi connectivity index (χ3n) is 4.29. The van der Waals surface area contributed by atoms with Crippen molar-refractivity contribution in [2.45, 2.75) is 19.9 Å². The van der Waals surface area contributed by atoms with Gasteiger partial charge in [0.1, 0.15) is 12.4 Å². The number of hydrogen-bond acceptors (Lipinski definition) is 5. The van der Waals surface area contributed by atoms with E-state index in [0.29, 0.717) is 19.8 Å². The summed E-state index contributed by atoms with van der Waals surface area (Å²) in [5, 5.41) is 6.72. The molecular formula is C20H35IN4O3. The highest BCUT2D eigenvalue weighted by molar-refractivity contribution is 14.0. The molecule has 1 aromatic rings. The molecule has 1 heterocycles. The largest absolute Gasteiger partial charge is 0.491 e. The Labute approximate surface area is 186 Å². The summed E-state index contributed by atoms with van der Waals surface area (Å²) in [7, 11) is 1.67. The Hall–Kier alpha value is -1.10. The molecule has 0 spiro atoms. The number of aliphatic imine (C=N–C) groups is 1. The summed E-state index contributed by atoms with van der Waals surface area (Å²) in [4.78, 5) is 7.12. The van der Waals surface area contributed by atoms with Crippen LogP contribution in [0.3, 0.4) is 0 Å². The zero-order chi connectivity index (χ0) is 19.2. The predicted octanol–water partition coefficient (Wildman–Crippen LogP) is 2.11. The van der Waals surface area contributed by atoms with Gasteiger partial charge in [0.05, 0.1) is 26.4 Å². The molecule has 0 radical (unpaired) electrons. The van der Waals surface area contributed by atoms with Crippen LogP contribution in [-0.4, -0.2) is 77.1 Å². The molecule has 0 saturated carbocycles. The predicted molar refractivity (Wildman–Crippen MR) is 124 cm³/mol. The molecule has 0 unspecified atom stereocenters. The van der Waals surface area contributed by atoms with Crippen LogP contribution < -0.4 is 15.4 Å². The molecule has 1 saturated heterocycles. The maximum absolute atomic E-state index is 5.58. The van der Waals surface area contributed by atoms with Crippen molar-refractivity contribution in [3.63, 3.8) is 0 Å². The third-order valence-corrected chi connectivity index (χ3v) is 4.29. The lowest BCUT2D eigenvalue weighted by Gasteiger charge is -2.26. The highest BCUT2D eigenvalue weighted by Gasteiger charge is 2.09. The molecule has 1 aliphatic heterocycles. The molecule has 2 rings (SSSR count). The van der Waals surface area contributed by atoms with Gasteiger partial charge in [0.2, 0.25) is 0 Å². The van der Waals surface area contributed by atoms with Crippen LogP contribution in [0.25, 0.3) is 0 Å². The lowest BCUT2D eigenvalue weighted by molar-refractivity contribution is 0.0376. The summed E-state index contributed by atoms with van der Waals surface area (Å²) in [5.74, 6) is 1.72. The summed E-state index contributed by atoms with van der Waals surface area (Å²) < 4.78 is 16.0. The van der Waals surface area contributed by atoms with Gasteiger partial charge in [-0.3, -0.25) is 4.90 Å². The number of methoxy groups -OCH3 is 1. The van der Waals surface area contributed by atoms with Gasteiger partial charge in [-0.05, 0) is 37.6 Å².